The van der Waals surface area contributed by atoms with Crippen molar-refractivity contribution in [3.8, 4) is 5.75 Å². The van der Waals surface area contributed by atoms with Crippen LogP contribution in [0.2, 0.25) is 0 Å². The molecule has 0 saturated heterocycles. The lowest BCUT2D eigenvalue weighted by molar-refractivity contribution is 0.0954. The zero-order valence-electron chi connectivity index (χ0n) is 11.1. The molecule has 0 unspecified atom stereocenters. The number of hydrogen-bond donors (Lipinski definition) is 2. The number of nitrogens with zero attached hydrogens (tertiary/aromatic N) is 1. The number of carbonyl (C=O) groups is 1. The van der Waals surface area contributed by atoms with E-state index in [0.29, 0.717) is 5.56 Å². The summed E-state index contributed by atoms with van der Waals surface area (Å²) < 4.78 is 0. The number of phenols is 1. The summed E-state index contributed by atoms with van der Waals surface area (Å²) in [4.78, 5) is 11.9. The molecular weight excluding hydrogens is 240 g/mol. The Labute approximate surface area is 113 Å². The standard InChI is InChI=1S/C15H20N2O2/c18-14-10-8-12(9-11-14)15(19)17-16-13-6-4-2-1-3-5-7-13/h8-11,18H,1-7H2,(H,17,19). The molecule has 1 aliphatic rings. The molecule has 0 bridgehead atoms. The zero-order valence-corrected chi connectivity index (χ0v) is 11.1. The quantitative estimate of drug-likeness (QED) is 0.802. The number of aromatic hydroxyl groups is 1. The van der Waals surface area contributed by atoms with Crippen LogP contribution in [0.1, 0.15) is 55.3 Å². The highest BCUT2D eigenvalue weighted by Gasteiger charge is 2.07. The van der Waals surface area contributed by atoms with E-state index in [1.807, 2.05) is 0 Å². The number of benzene rings is 1. The molecule has 2 rings (SSSR count). The zero-order chi connectivity index (χ0) is 13.5. The molecule has 2 N–H and O–H groups in total. The fourth-order valence-electron chi connectivity index (χ4n) is 2.23. The van der Waals surface area contributed by atoms with Crippen molar-refractivity contribution in [2.45, 2.75) is 44.9 Å². The summed E-state index contributed by atoms with van der Waals surface area (Å²) in [5.41, 5.74) is 4.20. The first-order chi connectivity index (χ1) is 9.25. The van der Waals surface area contributed by atoms with Crippen LogP contribution in [-0.4, -0.2) is 16.7 Å². The van der Waals surface area contributed by atoms with E-state index in [2.05, 4.69) is 10.5 Å². The van der Waals surface area contributed by atoms with Crippen LogP contribution in [0, 0.1) is 0 Å². The van der Waals surface area contributed by atoms with E-state index in [1.165, 1.54) is 31.4 Å². The Balaban J connectivity index is 1.92. The Bertz CT molecular complexity index is 442. The van der Waals surface area contributed by atoms with Crippen LogP contribution in [0.15, 0.2) is 29.4 Å². The minimum absolute atomic E-state index is 0.155. The van der Waals surface area contributed by atoms with Crippen molar-refractivity contribution in [3.05, 3.63) is 29.8 Å². The summed E-state index contributed by atoms with van der Waals surface area (Å²) >= 11 is 0. The van der Waals surface area contributed by atoms with Crippen LogP contribution in [-0.2, 0) is 0 Å². The summed E-state index contributed by atoms with van der Waals surface area (Å²) in [5, 5.41) is 13.4. The molecule has 19 heavy (non-hydrogen) atoms. The number of phenolic OH excluding ortho intramolecular Hbond substituents is 1. The van der Waals surface area contributed by atoms with Gasteiger partial charge in [0, 0.05) is 11.3 Å². The van der Waals surface area contributed by atoms with E-state index < -0.39 is 0 Å². The van der Waals surface area contributed by atoms with Gasteiger partial charge in [0.15, 0.2) is 0 Å². The molecule has 1 aromatic carbocycles. The molecule has 0 spiro atoms. The maximum absolute atomic E-state index is 11.9. The van der Waals surface area contributed by atoms with Crippen molar-refractivity contribution in [1.29, 1.82) is 0 Å². The molecule has 0 heterocycles. The molecule has 0 radical (unpaired) electrons. The Morgan fingerprint density at radius 3 is 2.21 bits per heavy atom. The number of amides is 1. The van der Waals surface area contributed by atoms with Crippen LogP contribution in [0.25, 0.3) is 0 Å². The molecule has 0 aliphatic heterocycles. The second kappa shape index (κ2) is 6.92. The van der Waals surface area contributed by atoms with E-state index in [4.69, 9.17) is 0 Å². The Hall–Kier alpha value is -1.84. The Morgan fingerprint density at radius 1 is 1.00 bits per heavy atom. The molecule has 102 valence electrons. The van der Waals surface area contributed by atoms with E-state index in [0.717, 1.165) is 31.4 Å². The highest BCUT2D eigenvalue weighted by Crippen LogP contribution is 2.15. The van der Waals surface area contributed by atoms with Gasteiger partial charge in [0.2, 0.25) is 0 Å². The van der Waals surface area contributed by atoms with Gasteiger partial charge in [0.1, 0.15) is 5.75 Å². The van der Waals surface area contributed by atoms with Crippen molar-refractivity contribution in [3.63, 3.8) is 0 Å². The van der Waals surface area contributed by atoms with Crippen LogP contribution in [0.5, 0.6) is 5.75 Å². The summed E-state index contributed by atoms with van der Waals surface area (Å²) in [6.45, 7) is 0. The molecule has 1 saturated carbocycles. The first kappa shape index (κ1) is 13.6. The number of hydrazone groups is 1. The normalized spacial score (nSPS) is 16.3. The average molecular weight is 260 g/mol. The second-order valence-electron chi connectivity index (χ2n) is 4.93. The summed E-state index contributed by atoms with van der Waals surface area (Å²) in [5.74, 6) is -0.0718. The largest absolute Gasteiger partial charge is 0.508 e. The molecular formula is C15H20N2O2. The number of nitrogens with one attached hydrogen (secondary N) is 1. The Morgan fingerprint density at radius 2 is 1.58 bits per heavy atom. The van der Waals surface area contributed by atoms with E-state index in [9.17, 15) is 9.90 Å². The molecule has 1 aliphatic carbocycles. The SMILES string of the molecule is O=C(NN=C1CCCCCCC1)c1ccc(O)cc1. The minimum atomic E-state index is -0.227. The van der Waals surface area contributed by atoms with Gasteiger partial charge in [-0.15, -0.1) is 0 Å². The molecule has 1 aromatic rings. The van der Waals surface area contributed by atoms with Crippen molar-refractivity contribution in [2.75, 3.05) is 0 Å². The summed E-state index contributed by atoms with van der Waals surface area (Å²) in [6, 6.07) is 6.17. The van der Waals surface area contributed by atoms with Crippen molar-refractivity contribution >= 4 is 11.6 Å². The third-order valence-electron chi connectivity index (χ3n) is 3.38. The lowest BCUT2D eigenvalue weighted by Gasteiger charge is -2.10. The van der Waals surface area contributed by atoms with Crippen LogP contribution in [0.4, 0.5) is 0 Å². The van der Waals surface area contributed by atoms with Gasteiger partial charge >= 0.3 is 0 Å². The average Bonchev–Trinajstić information content (AvgIpc) is 2.38. The molecule has 4 heteroatoms. The Kier molecular flexibility index (Phi) is 4.95. The van der Waals surface area contributed by atoms with Gasteiger partial charge in [-0.1, -0.05) is 19.3 Å². The molecule has 0 atom stereocenters. The van der Waals surface area contributed by atoms with Crippen molar-refractivity contribution in [2.24, 2.45) is 5.10 Å². The predicted molar refractivity (Wildman–Crippen MR) is 75.3 cm³/mol. The minimum Gasteiger partial charge on any atom is -0.508 e. The molecule has 1 fully saturated rings. The maximum atomic E-state index is 11.9. The monoisotopic (exact) mass is 260 g/mol. The van der Waals surface area contributed by atoms with Crippen molar-refractivity contribution < 1.29 is 9.90 Å². The number of hydrogen-bond acceptors (Lipinski definition) is 3. The third-order valence-corrected chi connectivity index (χ3v) is 3.38. The first-order valence-electron chi connectivity index (χ1n) is 6.90. The fraction of sp³-hybridized carbons (Fsp3) is 0.467. The highest BCUT2D eigenvalue weighted by molar-refractivity contribution is 5.95. The summed E-state index contributed by atoms with van der Waals surface area (Å²) in [7, 11) is 0. The lowest BCUT2D eigenvalue weighted by Crippen LogP contribution is -2.20. The predicted octanol–water partition coefficient (Wildman–Crippen LogP) is 3.22. The number of carbonyl (C=O) groups excluding carboxylic acids is 1. The smallest absolute Gasteiger partial charge is 0.271 e. The molecule has 1 amide bonds. The lowest BCUT2D eigenvalue weighted by atomic mass is 9.99. The van der Waals surface area contributed by atoms with Gasteiger partial charge in [-0.3, -0.25) is 4.79 Å². The summed E-state index contributed by atoms with van der Waals surface area (Å²) in [6.07, 6.45) is 8.11. The molecule has 4 nitrogen and oxygen atoms in total. The van der Waals surface area contributed by atoms with Crippen LogP contribution in [0.3, 0.4) is 0 Å². The first-order valence-corrected chi connectivity index (χ1v) is 6.90. The van der Waals surface area contributed by atoms with Gasteiger partial charge in [0.25, 0.3) is 5.91 Å². The van der Waals surface area contributed by atoms with E-state index in [-0.39, 0.29) is 11.7 Å². The van der Waals surface area contributed by atoms with Gasteiger partial charge in [0.05, 0.1) is 0 Å². The maximum Gasteiger partial charge on any atom is 0.271 e. The second-order valence-corrected chi connectivity index (χ2v) is 4.93. The van der Waals surface area contributed by atoms with E-state index in [1.54, 1.807) is 12.1 Å². The van der Waals surface area contributed by atoms with E-state index >= 15 is 0 Å². The van der Waals surface area contributed by atoms with Gasteiger partial charge in [-0.2, -0.15) is 5.10 Å². The van der Waals surface area contributed by atoms with Gasteiger partial charge in [-0.25, -0.2) is 5.43 Å². The van der Waals surface area contributed by atoms with Crippen LogP contribution < -0.4 is 5.43 Å². The van der Waals surface area contributed by atoms with Crippen LogP contribution >= 0.6 is 0 Å². The molecule has 0 aromatic heterocycles. The highest BCUT2D eigenvalue weighted by atomic mass is 16.3. The fourth-order valence-corrected chi connectivity index (χ4v) is 2.23. The number of rotatable bonds is 2. The topological polar surface area (TPSA) is 61.7 Å². The van der Waals surface area contributed by atoms with Crippen molar-refractivity contribution in [1.82, 2.24) is 5.43 Å². The third kappa shape index (κ3) is 4.39. The van der Waals surface area contributed by atoms with Gasteiger partial charge in [-0.05, 0) is 49.9 Å². The van der Waals surface area contributed by atoms with Gasteiger partial charge < -0.3 is 5.11 Å².